The smallest absolute Gasteiger partial charge is 0.233 e. The van der Waals surface area contributed by atoms with E-state index >= 15 is 0 Å². The Labute approximate surface area is 191 Å². The second-order valence-electron chi connectivity index (χ2n) is 7.95. The van der Waals surface area contributed by atoms with Gasteiger partial charge in [-0.3, -0.25) is 9.89 Å². The fraction of sp³-hybridized carbons (Fsp3) is 0.375. The minimum atomic E-state index is 0.0683. The van der Waals surface area contributed by atoms with Crippen LogP contribution in [-0.2, 0) is 11.2 Å². The molecule has 2 aliphatic rings. The highest BCUT2D eigenvalue weighted by molar-refractivity contribution is 7.99. The molecule has 2 aromatic carbocycles. The second-order valence-corrected chi connectivity index (χ2v) is 8.90. The molecule has 1 fully saturated rings. The number of amides is 1. The molecule has 32 heavy (non-hydrogen) atoms. The van der Waals surface area contributed by atoms with E-state index in [1.54, 1.807) is 0 Å². The van der Waals surface area contributed by atoms with Crippen molar-refractivity contribution < 1.29 is 14.3 Å². The van der Waals surface area contributed by atoms with Crippen molar-refractivity contribution in [2.24, 2.45) is 0 Å². The molecule has 1 atom stereocenters. The topological polar surface area (TPSA) is 80.3 Å². The van der Waals surface area contributed by atoms with Crippen LogP contribution in [-0.4, -0.2) is 51.5 Å². The third kappa shape index (κ3) is 4.32. The molecular formula is C24H26N4O3S. The number of carbonyl (C=O) groups is 1. The Morgan fingerprint density at radius 3 is 2.78 bits per heavy atom. The van der Waals surface area contributed by atoms with Gasteiger partial charge in [0.25, 0.3) is 0 Å². The summed E-state index contributed by atoms with van der Waals surface area (Å²) >= 11 is 1.37. The summed E-state index contributed by atoms with van der Waals surface area (Å²) in [5, 5.41) is 7.85. The third-order valence-corrected chi connectivity index (χ3v) is 6.78. The fourth-order valence-corrected chi connectivity index (χ4v) is 4.91. The molecule has 1 aromatic heterocycles. The normalized spacial score (nSPS) is 17.5. The lowest BCUT2D eigenvalue weighted by atomic mass is 10.0. The average molecular weight is 451 g/mol. The number of nitrogens with one attached hydrogen (secondary N) is 1. The van der Waals surface area contributed by atoms with Crippen molar-refractivity contribution in [1.29, 1.82) is 0 Å². The van der Waals surface area contributed by atoms with Crippen molar-refractivity contribution in [3.63, 3.8) is 0 Å². The molecule has 1 N–H and O–H groups in total. The van der Waals surface area contributed by atoms with Gasteiger partial charge in [0.05, 0.1) is 11.8 Å². The van der Waals surface area contributed by atoms with Gasteiger partial charge < -0.3 is 14.4 Å². The summed E-state index contributed by atoms with van der Waals surface area (Å²) in [7, 11) is 0. The molecule has 0 bridgehead atoms. The van der Waals surface area contributed by atoms with Crippen LogP contribution >= 0.6 is 11.8 Å². The lowest BCUT2D eigenvalue weighted by Crippen LogP contribution is -2.32. The minimum absolute atomic E-state index is 0.0683. The van der Waals surface area contributed by atoms with E-state index in [1.807, 2.05) is 35.2 Å². The first-order valence-electron chi connectivity index (χ1n) is 11.0. The first kappa shape index (κ1) is 20.9. The van der Waals surface area contributed by atoms with E-state index in [9.17, 15) is 4.79 Å². The Morgan fingerprint density at radius 1 is 1.16 bits per heavy atom. The number of fused-ring (bicyclic) bond motifs is 1. The number of aryl methyl sites for hydroxylation is 1. The maximum atomic E-state index is 13.0. The van der Waals surface area contributed by atoms with Crippen LogP contribution in [0.3, 0.4) is 0 Å². The lowest BCUT2D eigenvalue weighted by molar-refractivity contribution is -0.129. The number of thioether (sulfide) groups is 1. The zero-order valence-corrected chi connectivity index (χ0v) is 18.9. The summed E-state index contributed by atoms with van der Waals surface area (Å²) in [5.74, 6) is 2.68. The summed E-state index contributed by atoms with van der Waals surface area (Å²) in [4.78, 5) is 19.5. The van der Waals surface area contributed by atoms with Crippen LogP contribution in [0.25, 0.3) is 11.4 Å². The number of H-pyrrole nitrogens is 1. The highest BCUT2D eigenvalue weighted by atomic mass is 32.2. The highest BCUT2D eigenvalue weighted by Crippen LogP contribution is 2.38. The summed E-state index contributed by atoms with van der Waals surface area (Å²) in [6.45, 7) is 4.03. The van der Waals surface area contributed by atoms with Crippen LogP contribution in [0.1, 0.15) is 36.9 Å². The van der Waals surface area contributed by atoms with Crippen LogP contribution in [0, 0.1) is 0 Å². The number of hydrogen-bond donors (Lipinski definition) is 1. The fourth-order valence-electron chi connectivity index (χ4n) is 4.23. The molecule has 1 saturated heterocycles. The van der Waals surface area contributed by atoms with E-state index in [0.29, 0.717) is 24.1 Å². The highest BCUT2D eigenvalue weighted by Gasteiger charge is 2.31. The number of likely N-dealkylation sites (tertiary alicyclic amines) is 1. The zero-order valence-electron chi connectivity index (χ0n) is 18.0. The molecule has 5 rings (SSSR count). The Morgan fingerprint density at radius 2 is 1.97 bits per heavy atom. The maximum Gasteiger partial charge on any atom is 0.233 e. The van der Waals surface area contributed by atoms with Crippen molar-refractivity contribution in [2.75, 3.05) is 25.5 Å². The largest absolute Gasteiger partial charge is 0.486 e. The predicted molar refractivity (Wildman–Crippen MR) is 123 cm³/mol. The molecule has 0 unspecified atom stereocenters. The monoisotopic (exact) mass is 450 g/mol. The number of benzene rings is 2. The van der Waals surface area contributed by atoms with E-state index in [4.69, 9.17) is 9.47 Å². The quantitative estimate of drug-likeness (QED) is 0.565. The Kier molecular flexibility index (Phi) is 6.03. The van der Waals surface area contributed by atoms with Crippen LogP contribution in [0.4, 0.5) is 0 Å². The van der Waals surface area contributed by atoms with Crippen molar-refractivity contribution in [1.82, 2.24) is 20.1 Å². The van der Waals surface area contributed by atoms with Gasteiger partial charge in [-0.25, -0.2) is 4.98 Å². The van der Waals surface area contributed by atoms with E-state index in [2.05, 4.69) is 34.2 Å². The van der Waals surface area contributed by atoms with Crippen LogP contribution in [0.15, 0.2) is 47.6 Å². The molecule has 0 aliphatic carbocycles. The van der Waals surface area contributed by atoms with Crippen LogP contribution < -0.4 is 9.47 Å². The summed E-state index contributed by atoms with van der Waals surface area (Å²) in [6.07, 6.45) is 2.95. The SMILES string of the molecule is CCc1ccc(-c2nc(SCC(=O)N3CCC[C@H]3c3ccc4c(c3)OCCO4)n[nH]2)cc1. The minimum Gasteiger partial charge on any atom is -0.486 e. The standard InChI is InChI=1S/C24H26N4O3S/c1-2-16-5-7-17(8-6-16)23-25-24(27-26-23)32-15-22(29)28-11-3-4-19(28)18-9-10-20-21(14-18)31-13-12-30-20/h5-10,14,19H,2-4,11-13,15H2,1H3,(H,25,26,27)/t19-/m0/s1. The van der Waals surface area contributed by atoms with Gasteiger partial charge in [0.1, 0.15) is 13.2 Å². The number of aromatic amines is 1. The van der Waals surface area contributed by atoms with Gasteiger partial charge >= 0.3 is 0 Å². The molecule has 0 saturated carbocycles. The summed E-state index contributed by atoms with van der Waals surface area (Å²) in [5.41, 5.74) is 3.37. The lowest BCUT2D eigenvalue weighted by Gasteiger charge is -2.26. The van der Waals surface area contributed by atoms with Gasteiger partial charge in [-0.15, -0.1) is 5.10 Å². The zero-order chi connectivity index (χ0) is 21.9. The number of ether oxygens (including phenoxy) is 2. The predicted octanol–water partition coefficient (Wildman–Crippen LogP) is 4.26. The third-order valence-electron chi connectivity index (χ3n) is 5.95. The molecule has 0 spiro atoms. The molecule has 2 aliphatic heterocycles. The van der Waals surface area contributed by atoms with Gasteiger partial charge in [0.2, 0.25) is 11.1 Å². The summed E-state index contributed by atoms with van der Waals surface area (Å²) in [6, 6.07) is 14.4. The van der Waals surface area contributed by atoms with E-state index in [0.717, 1.165) is 54.3 Å². The first-order valence-corrected chi connectivity index (χ1v) is 12.0. The average Bonchev–Trinajstić information content (AvgIpc) is 3.52. The van der Waals surface area contributed by atoms with Crippen molar-refractivity contribution in [2.45, 2.75) is 37.4 Å². The maximum absolute atomic E-state index is 13.0. The van der Waals surface area contributed by atoms with Crippen molar-refractivity contribution in [3.8, 4) is 22.9 Å². The van der Waals surface area contributed by atoms with Gasteiger partial charge in [-0.2, -0.15) is 0 Å². The second kappa shape index (κ2) is 9.24. The molecule has 0 radical (unpaired) electrons. The van der Waals surface area contributed by atoms with Crippen molar-refractivity contribution >= 4 is 17.7 Å². The molecule has 1 amide bonds. The van der Waals surface area contributed by atoms with E-state index in [-0.39, 0.29) is 11.9 Å². The number of aromatic nitrogens is 3. The van der Waals surface area contributed by atoms with E-state index in [1.165, 1.54) is 17.3 Å². The van der Waals surface area contributed by atoms with E-state index < -0.39 is 0 Å². The molecule has 8 heteroatoms. The Hall–Kier alpha value is -3.00. The Bertz CT molecular complexity index is 1100. The first-order chi connectivity index (χ1) is 15.7. The number of rotatable bonds is 6. The van der Waals surface area contributed by atoms with Gasteiger partial charge in [-0.1, -0.05) is 49.0 Å². The Balaban J connectivity index is 1.22. The number of carbonyl (C=O) groups excluding carboxylic acids is 1. The van der Waals surface area contributed by atoms with Gasteiger partial charge in [-0.05, 0) is 42.5 Å². The molecule has 166 valence electrons. The van der Waals surface area contributed by atoms with Gasteiger partial charge in [0.15, 0.2) is 17.3 Å². The molecule has 7 nitrogen and oxygen atoms in total. The molecule has 3 heterocycles. The summed E-state index contributed by atoms with van der Waals surface area (Å²) < 4.78 is 11.3. The number of nitrogens with zero attached hydrogens (tertiary/aromatic N) is 3. The van der Waals surface area contributed by atoms with Crippen LogP contribution in [0.5, 0.6) is 11.5 Å². The van der Waals surface area contributed by atoms with Crippen LogP contribution in [0.2, 0.25) is 0 Å². The molecule has 3 aromatic rings. The number of hydrogen-bond acceptors (Lipinski definition) is 6. The molecular weight excluding hydrogens is 424 g/mol. The van der Waals surface area contributed by atoms with Crippen molar-refractivity contribution in [3.05, 3.63) is 53.6 Å². The van der Waals surface area contributed by atoms with Gasteiger partial charge in [0, 0.05) is 12.1 Å².